The molecule has 1 aromatic heterocycles. The van der Waals surface area contributed by atoms with E-state index in [2.05, 4.69) is 5.32 Å². The molecule has 5 nitrogen and oxygen atoms in total. The zero-order valence-corrected chi connectivity index (χ0v) is 15.8. The zero-order valence-electron chi connectivity index (χ0n) is 15.1. The van der Waals surface area contributed by atoms with Gasteiger partial charge in [0.25, 0.3) is 5.91 Å². The van der Waals surface area contributed by atoms with Crippen LogP contribution in [0.1, 0.15) is 16.9 Å². The first-order valence-electron chi connectivity index (χ1n) is 8.45. The molecule has 1 amide bonds. The smallest absolute Gasteiger partial charge is 0.262 e. The molecular weight excluding hydrogens is 366 g/mol. The van der Waals surface area contributed by atoms with Gasteiger partial charge in [-0.25, -0.2) is 0 Å². The summed E-state index contributed by atoms with van der Waals surface area (Å²) in [5.74, 6) is 1.40. The Hall–Kier alpha value is -2.76. The Bertz CT molecular complexity index is 944. The maximum absolute atomic E-state index is 12.1. The Balaban J connectivity index is 1.63. The highest BCUT2D eigenvalue weighted by atomic mass is 35.5. The highest BCUT2D eigenvalue weighted by Gasteiger charge is 2.11. The van der Waals surface area contributed by atoms with Crippen LogP contribution < -0.4 is 10.1 Å². The number of hydrogen-bond acceptors (Lipinski definition) is 4. The second-order valence-electron chi connectivity index (χ2n) is 6.28. The van der Waals surface area contributed by atoms with Crippen LogP contribution in [0, 0.1) is 13.8 Å². The number of aliphatic hydroxyl groups excluding tert-OH is 1. The lowest BCUT2D eigenvalue weighted by molar-refractivity contribution is -0.118. The van der Waals surface area contributed by atoms with Crippen LogP contribution in [0.3, 0.4) is 0 Å². The third-order valence-electron chi connectivity index (χ3n) is 3.90. The molecule has 0 bridgehead atoms. The molecule has 6 heteroatoms. The second kappa shape index (κ2) is 8.29. The Morgan fingerprint density at radius 1 is 1.11 bits per heavy atom. The van der Waals surface area contributed by atoms with Gasteiger partial charge in [-0.2, -0.15) is 0 Å². The lowest BCUT2D eigenvalue weighted by Crippen LogP contribution is -2.20. The number of nitrogens with one attached hydrogen (secondary N) is 1. The van der Waals surface area contributed by atoms with Crippen LogP contribution in [0.4, 0.5) is 5.69 Å². The topological polar surface area (TPSA) is 71.7 Å². The summed E-state index contributed by atoms with van der Waals surface area (Å²) in [5, 5.41) is 12.3. The van der Waals surface area contributed by atoms with Crippen LogP contribution in [0.15, 0.2) is 52.9 Å². The molecule has 140 valence electrons. The summed E-state index contributed by atoms with van der Waals surface area (Å²) in [6.07, 6.45) is 0. The number of ether oxygens (including phenoxy) is 1. The van der Waals surface area contributed by atoms with Crippen molar-refractivity contribution in [3.63, 3.8) is 0 Å². The van der Waals surface area contributed by atoms with Gasteiger partial charge >= 0.3 is 0 Å². The van der Waals surface area contributed by atoms with Crippen LogP contribution in [-0.4, -0.2) is 17.6 Å². The van der Waals surface area contributed by atoms with Crippen molar-refractivity contribution in [3.05, 3.63) is 70.4 Å². The molecule has 0 unspecified atom stereocenters. The van der Waals surface area contributed by atoms with Gasteiger partial charge in [0.05, 0.1) is 5.02 Å². The van der Waals surface area contributed by atoms with E-state index in [0.717, 1.165) is 11.1 Å². The third-order valence-corrected chi connectivity index (χ3v) is 4.21. The minimum absolute atomic E-state index is 0.0969. The summed E-state index contributed by atoms with van der Waals surface area (Å²) >= 11 is 6.30. The number of halogens is 1. The fourth-order valence-electron chi connectivity index (χ4n) is 2.76. The largest absolute Gasteiger partial charge is 0.484 e. The molecule has 0 aliphatic rings. The predicted molar refractivity (Wildman–Crippen MR) is 105 cm³/mol. The first-order valence-corrected chi connectivity index (χ1v) is 8.83. The van der Waals surface area contributed by atoms with E-state index < -0.39 is 0 Å². The SMILES string of the molecule is Cc1cc(C)cc(OCC(=O)Nc2ccc(-c3ccc(CO)o3)c(Cl)c2)c1. The highest BCUT2D eigenvalue weighted by Crippen LogP contribution is 2.31. The van der Waals surface area contributed by atoms with Gasteiger partial charge in [0.2, 0.25) is 0 Å². The van der Waals surface area contributed by atoms with Crippen LogP contribution >= 0.6 is 11.6 Å². The van der Waals surface area contributed by atoms with Crippen molar-refractivity contribution in [2.45, 2.75) is 20.5 Å². The normalized spacial score (nSPS) is 10.7. The van der Waals surface area contributed by atoms with E-state index >= 15 is 0 Å². The first kappa shape index (κ1) is 19.0. The summed E-state index contributed by atoms with van der Waals surface area (Å²) in [5.41, 5.74) is 3.40. The number of furan rings is 1. The number of carbonyl (C=O) groups is 1. The van der Waals surface area contributed by atoms with Gasteiger partial charge in [0.15, 0.2) is 6.61 Å². The molecule has 1 heterocycles. The standard InChI is InChI=1S/C21H20ClNO4/c1-13-7-14(2)9-17(8-13)26-12-21(25)23-15-3-5-18(19(22)10-15)20-6-4-16(11-24)27-20/h3-10,24H,11-12H2,1-2H3,(H,23,25). The molecule has 2 aromatic carbocycles. The van der Waals surface area contributed by atoms with Crippen LogP contribution in [0.2, 0.25) is 5.02 Å². The summed E-state index contributed by atoms with van der Waals surface area (Å²) in [4.78, 5) is 12.1. The zero-order chi connectivity index (χ0) is 19.4. The second-order valence-corrected chi connectivity index (χ2v) is 6.69. The van der Waals surface area contributed by atoms with E-state index in [9.17, 15) is 4.79 Å². The average Bonchev–Trinajstić information content (AvgIpc) is 3.08. The van der Waals surface area contributed by atoms with Crippen molar-refractivity contribution in [1.29, 1.82) is 0 Å². The Morgan fingerprint density at radius 2 is 1.85 bits per heavy atom. The monoisotopic (exact) mass is 385 g/mol. The molecule has 2 N–H and O–H groups in total. The van der Waals surface area contributed by atoms with Gasteiger partial charge in [-0.05, 0) is 67.4 Å². The number of benzene rings is 2. The lowest BCUT2D eigenvalue weighted by atomic mass is 10.1. The van der Waals surface area contributed by atoms with E-state index in [0.29, 0.717) is 33.5 Å². The minimum atomic E-state index is -0.279. The number of hydrogen-bond donors (Lipinski definition) is 2. The van der Waals surface area contributed by atoms with Gasteiger partial charge in [-0.1, -0.05) is 17.7 Å². The summed E-state index contributed by atoms with van der Waals surface area (Å²) < 4.78 is 11.0. The molecule has 0 fully saturated rings. The van der Waals surface area contributed by atoms with Gasteiger partial charge in [-0.3, -0.25) is 4.79 Å². The van der Waals surface area contributed by atoms with Crippen molar-refractivity contribution in [2.24, 2.45) is 0 Å². The molecule has 0 aliphatic heterocycles. The number of aryl methyl sites for hydroxylation is 2. The number of anilines is 1. The van der Waals surface area contributed by atoms with Crippen LogP contribution in [0.25, 0.3) is 11.3 Å². The Labute approximate surface area is 162 Å². The van der Waals surface area contributed by atoms with Crippen molar-refractivity contribution >= 4 is 23.2 Å². The average molecular weight is 386 g/mol. The summed E-state index contributed by atoms with van der Waals surface area (Å²) in [6.45, 7) is 3.69. The molecule has 0 atom stereocenters. The number of aliphatic hydroxyl groups is 1. The van der Waals surface area contributed by atoms with Gasteiger partial charge in [0, 0.05) is 11.3 Å². The quantitative estimate of drug-likeness (QED) is 0.643. The molecule has 0 radical (unpaired) electrons. The van der Waals surface area contributed by atoms with Crippen molar-refractivity contribution in [2.75, 3.05) is 11.9 Å². The maximum Gasteiger partial charge on any atom is 0.262 e. The van der Waals surface area contributed by atoms with Crippen LogP contribution in [0.5, 0.6) is 5.75 Å². The molecular formula is C21H20ClNO4. The molecule has 0 aliphatic carbocycles. The number of amides is 1. The van der Waals surface area contributed by atoms with E-state index in [1.54, 1.807) is 30.3 Å². The maximum atomic E-state index is 12.1. The van der Waals surface area contributed by atoms with E-state index in [-0.39, 0.29) is 19.1 Å². The van der Waals surface area contributed by atoms with Gasteiger partial charge in [0.1, 0.15) is 23.9 Å². The molecule has 0 spiro atoms. The van der Waals surface area contributed by atoms with Gasteiger partial charge < -0.3 is 19.6 Å². The lowest BCUT2D eigenvalue weighted by Gasteiger charge is -2.10. The van der Waals surface area contributed by atoms with Crippen molar-refractivity contribution in [1.82, 2.24) is 0 Å². The van der Waals surface area contributed by atoms with E-state index in [4.69, 9.17) is 25.9 Å². The number of rotatable bonds is 6. The Kier molecular flexibility index (Phi) is 5.84. The van der Waals surface area contributed by atoms with E-state index in [1.165, 1.54) is 0 Å². The van der Waals surface area contributed by atoms with Crippen molar-refractivity contribution in [3.8, 4) is 17.1 Å². The molecule has 3 rings (SSSR count). The minimum Gasteiger partial charge on any atom is -0.484 e. The van der Waals surface area contributed by atoms with Gasteiger partial charge in [-0.15, -0.1) is 0 Å². The number of carbonyl (C=O) groups excluding carboxylic acids is 1. The molecule has 0 saturated heterocycles. The molecule has 3 aromatic rings. The predicted octanol–water partition coefficient (Wildman–Crippen LogP) is 4.73. The fraction of sp³-hybridized carbons (Fsp3) is 0.190. The molecule has 27 heavy (non-hydrogen) atoms. The van der Waals surface area contributed by atoms with Crippen molar-refractivity contribution < 1.29 is 19.1 Å². The highest BCUT2D eigenvalue weighted by molar-refractivity contribution is 6.33. The summed E-state index contributed by atoms with van der Waals surface area (Å²) in [7, 11) is 0. The molecule has 0 saturated carbocycles. The van der Waals surface area contributed by atoms with E-state index in [1.807, 2.05) is 32.0 Å². The Morgan fingerprint density at radius 3 is 2.48 bits per heavy atom. The van der Waals surface area contributed by atoms with Crippen LogP contribution in [-0.2, 0) is 11.4 Å². The third kappa shape index (κ3) is 4.90. The summed E-state index contributed by atoms with van der Waals surface area (Å²) in [6, 6.07) is 14.4. The first-order chi connectivity index (χ1) is 12.9. The fourth-order valence-corrected chi connectivity index (χ4v) is 3.04.